The van der Waals surface area contributed by atoms with Gasteiger partial charge in [-0.3, -0.25) is 4.79 Å². The minimum Gasteiger partial charge on any atom is -0.454 e. The summed E-state index contributed by atoms with van der Waals surface area (Å²) in [6.45, 7) is 2.65. The zero-order chi connectivity index (χ0) is 19.5. The highest BCUT2D eigenvalue weighted by atomic mass is 35.5. The van der Waals surface area contributed by atoms with E-state index in [-0.39, 0.29) is 18.4 Å². The van der Waals surface area contributed by atoms with Gasteiger partial charge in [-0.2, -0.15) is 0 Å². The van der Waals surface area contributed by atoms with Crippen LogP contribution in [0.3, 0.4) is 0 Å². The second-order valence-corrected chi connectivity index (χ2v) is 6.65. The molecule has 2 heterocycles. The van der Waals surface area contributed by atoms with E-state index < -0.39 is 0 Å². The second kappa shape index (κ2) is 7.74. The molecule has 4 rings (SSSR count). The predicted octanol–water partition coefficient (Wildman–Crippen LogP) is 4.03. The Labute approximate surface area is 166 Å². The number of aromatic nitrogens is 2. The minimum atomic E-state index is -0.339. The van der Waals surface area contributed by atoms with Crippen molar-refractivity contribution in [3.63, 3.8) is 0 Å². The second-order valence-electron chi connectivity index (χ2n) is 6.25. The fourth-order valence-corrected chi connectivity index (χ4v) is 2.87. The summed E-state index contributed by atoms with van der Waals surface area (Å²) in [5.74, 6) is 1.66. The SMILES string of the molecule is Cc1ccc(NC(=O)c2cc(NCc3ccc4c(c3)OCO4)ncn2)cc1Cl. The van der Waals surface area contributed by atoms with Crippen LogP contribution in [0.1, 0.15) is 21.6 Å². The summed E-state index contributed by atoms with van der Waals surface area (Å²) >= 11 is 6.10. The van der Waals surface area contributed by atoms with Gasteiger partial charge in [0, 0.05) is 23.3 Å². The molecule has 0 saturated carbocycles. The van der Waals surface area contributed by atoms with Gasteiger partial charge in [0.1, 0.15) is 17.8 Å². The Kier molecular flexibility index (Phi) is 4.99. The van der Waals surface area contributed by atoms with Crippen LogP contribution in [-0.2, 0) is 6.54 Å². The number of rotatable bonds is 5. The zero-order valence-corrected chi connectivity index (χ0v) is 15.8. The maximum Gasteiger partial charge on any atom is 0.274 e. The lowest BCUT2D eigenvalue weighted by Gasteiger charge is -2.09. The molecule has 1 aromatic heterocycles. The van der Waals surface area contributed by atoms with Crippen molar-refractivity contribution in [2.75, 3.05) is 17.4 Å². The molecule has 0 saturated heterocycles. The number of nitrogens with one attached hydrogen (secondary N) is 2. The third kappa shape index (κ3) is 3.99. The molecule has 0 unspecified atom stereocenters. The lowest BCUT2D eigenvalue weighted by atomic mass is 10.2. The van der Waals surface area contributed by atoms with Crippen LogP contribution in [0.15, 0.2) is 48.8 Å². The van der Waals surface area contributed by atoms with Crippen molar-refractivity contribution in [3.8, 4) is 11.5 Å². The first-order valence-corrected chi connectivity index (χ1v) is 8.98. The number of fused-ring (bicyclic) bond motifs is 1. The Morgan fingerprint density at radius 2 is 1.96 bits per heavy atom. The van der Waals surface area contributed by atoms with Crippen LogP contribution in [0, 0.1) is 6.92 Å². The largest absolute Gasteiger partial charge is 0.454 e. The number of hydrogen-bond acceptors (Lipinski definition) is 6. The molecule has 0 atom stereocenters. The van der Waals surface area contributed by atoms with Crippen LogP contribution in [0.5, 0.6) is 11.5 Å². The first kappa shape index (κ1) is 18.1. The van der Waals surface area contributed by atoms with Gasteiger partial charge < -0.3 is 20.1 Å². The van der Waals surface area contributed by atoms with E-state index in [1.54, 1.807) is 18.2 Å². The Morgan fingerprint density at radius 1 is 1.11 bits per heavy atom. The molecule has 0 radical (unpaired) electrons. The number of halogens is 1. The van der Waals surface area contributed by atoms with Crippen molar-refractivity contribution >= 4 is 29.0 Å². The Bertz CT molecular complexity index is 1040. The first-order chi connectivity index (χ1) is 13.6. The van der Waals surface area contributed by atoms with E-state index in [1.807, 2.05) is 31.2 Å². The third-order valence-electron chi connectivity index (χ3n) is 4.24. The van der Waals surface area contributed by atoms with Crippen molar-refractivity contribution < 1.29 is 14.3 Å². The molecular formula is C20H17ClN4O3. The number of ether oxygens (including phenoxy) is 2. The van der Waals surface area contributed by atoms with E-state index in [0.29, 0.717) is 23.1 Å². The van der Waals surface area contributed by atoms with Crippen molar-refractivity contribution in [1.82, 2.24) is 9.97 Å². The number of benzene rings is 2. The average molecular weight is 397 g/mol. The quantitative estimate of drug-likeness (QED) is 0.677. The summed E-state index contributed by atoms with van der Waals surface area (Å²) in [5.41, 5.74) is 2.80. The minimum absolute atomic E-state index is 0.239. The van der Waals surface area contributed by atoms with Crippen LogP contribution >= 0.6 is 11.6 Å². The standard InChI is InChI=1S/C20H17ClN4O3/c1-12-2-4-14(7-15(12)21)25-20(26)16-8-19(24-10-23-16)22-9-13-3-5-17-18(6-13)28-11-27-17/h2-8,10H,9,11H2,1H3,(H,25,26)(H,22,23,24). The number of hydrogen-bond donors (Lipinski definition) is 2. The molecule has 0 bridgehead atoms. The summed E-state index contributed by atoms with van der Waals surface area (Å²) in [6, 6.07) is 12.6. The number of aryl methyl sites for hydroxylation is 1. The molecule has 0 fully saturated rings. The van der Waals surface area contributed by atoms with Gasteiger partial charge in [0.25, 0.3) is 5.91 Å². The molecule has 1 aliphatic rings. The predicted molar refractivity (Wildman–Crippen MR) is 106 cm³/mol. The highest BCUT2D eigenvalue weighted by molar-refractivity contribution is 6.31. The maximum absolute atomic E-state index is 12.5. The summed E-state index contributed by atoms with van der Waals surface area (Å²) in [7, 11) is 0. The molecule has 2 aromatic carbocycles. The topological polar surface area (TPSA) is 85.4 Å². The van der Waals surface area contributed by atoms with E-state index in [9.17, 15) is 4.79 Å². The number of anilines is 2. The third-order valence-corrected chi connectivity index (χ3v) is 4.65. The Morgan fingerprint density at radius 3 is 2.82 bits per heavy atom. The van der Waals surface area contributed by atoms with Crippen LogP contribution in [0.4, 0.5) is 11.5 Å². The molecule has 1 amide bonds. The average Bonchev–Trinajstić information content (AvgIpc) is 3.17. The van der Waals surface area contributed by atoms with E-state index in [2.05, 4.69) is 20.6 Å². The monoisotopic (exact) mass is 396 g/mol. The van der Waals surface area contributed by atoms with E-state index >= 15 is 0 Å². The summed E-state index contributed by atoms with van der Waals surface area (Å²) in [4.78, 5) is 20.7. The lowest BCUT2D eigenvalue weighted by molar-refractivity contribution is 0.102. The van der Waals surface area contributed by atoms with Gasteiger partial charge in [-0.1, -0.05) is 23.7 Å². The normalized spacial score (nSPS) is 11.9. The van der Waals surface area contributed by atoms with Crippen LogP contribution in [-0.4, -0.2) is 22.7 Å². The van der Waals surface area contributed by atoms with Crippen LogP contribution < -0.4 is 20.1 Å². The Hall–Kier alpha value is -3.32. The van der Waals surface area contributed by atoms with E-state index in [1.165, 1.54) is 6.33 Å². The fraction of sp³-hybridized carbons (Fsp3) is 0.150. The van der Waals surface area contributed by atoms with Crippen LogP contribution in [0.25, 0.3) is 0 Å². The van der Waals surface area contributed by atoms with Crippen molar-refractivity contribution in [2.24, 2.45) is 0 Å². The van der Waals surface area contributed by atoms with Gasteiger partial charge in [0.05, 0.1) is 0 Å². The molecule has 142 valence electrons. The number of nitrogens with zero attached hydrogens (tertiary/aromatic N) is 2. The molecule has 0 spiro atoms. The van der Waals surface area contributed by atoms with E-state index in [0.717, 1.165) is 22.6 Å². The molecular weight excluding hydrogens is 380 g/mol. The number of carbonyl (C=O) groups excluding carboxylic acids is 1. The molecule has 3 aromatic rings. The molecule has 8 heteroatoms. The van der Waals surface area contributed by atoms with Crippen LogP contribution in [0.2, 0.25) is 5.02 Å². The van der Waals surface area contributed by atoms with Gasteiger partial charge in [0.2, 0.25) is 6.79 Å². The van der Waals surface area contributed by atoms with E-state index in [4.69, 9.17) is 21.1 Å². The molecule has 0 aliphatic carbocycles. The first-order valence-electron chi connectivity index (χ1n) is 8.60. The maximum atomic E-state index is 12.5. The summed E-state index contributed by atoms with van der Waals surface area (Å²) in [5, 5.41) is 6.55. The van der Waals surface area contributed by atoms with Crippen molar-refractivity contribution in [3.05, 3.63) is 70.6 Å². The highest BCUT2D eigenvalue weighted by Gasteiger charge is 2.14. The van der Waals surface area contributed by atoms with Crippen molar-refractivity contribution in [2.45, 2.75) is 13.5 Å². The fourth-order valence-electron chi connectivity index (χ4n) is 2.69. The van der Waals surface area contributed by atoms with Gasteiger partial charge >= 0.3 is 0 Å². The molecule has 1 aliphatic heterocycles. The summed E-state index contributed by atoms with van der Waals surface area (Å²) in [6.07, 6.45) is 1.35. The Balaban J connectivity index is 1.42. The number of amides is 1. The number of carbonyl (C=O) groups is 1. The van der Waals surface area contributed by atoms with Gasteiger partial charge in [0.15, 0.2) is 11.5 Å². The smallest absolute Gasteiger partial charge is 0.274 e. The summed E-state index contributed by atoms with van der Waals surface area (Å²) < 4.78 is 10.7. The molecule has 2 N–H and O–H groups in total. The molecule has 7 nitrogen and oxygen atoms in total. The lowest BCUT2D eigenvalue weighted by Crippen LogP contribution is -2.14. The molecule has 28 heavy (non-hydrogen) atoms. The van der Waals surface area contributed by atoms with Gasteiger partial charge in [-0.05, 0) is 42.3 Å². The van der Waals surface area contributed by atoms with Gasteiger partial charge in [-0.15, -0.1) is 0 Å². The van der Waals surface area contributed by atoms with Gasteiger partial charge in [-0.25, -0.2) is 9.97 Å². The van der Waals surface area contributed by atoms with Crippen molar-refractivity contribution in [1.29, 1.82) is 0 Å². The highest BCUT2D eigenvalue weighted by Crippen LogP contribution is 2.32. The zero-order valence-electron chi connectivity index (χ0n) is 15.0.